The van der Waals surface area contributed by atoms with E-state index in [1.807, 2.05) is 0 Å². The zero-order valence-corrected chi connectivity index (χ0v) is 18.4. The molecule has 1 N–H and O–H groups in total. The zero-order chi connectivity index (χ0) is 22.7. The summed E-state index contributed by atoms with van der Waals surface area (Å²) in [7, 11) is -2.54. The number of esters is 1. The topological polar surface area (TPSA) is 100 Å². The molecule has 0 aromatic heterocycles. The number of anilines is 1. The summed E-state index contributed by atoms with van der Waals surface area (Å²) in [5.74, 6) is 1.08. The van der Waals surface area contributed by atoms with Gasteiger partial charge in [0.2, 0.25) is 6.79 Å². The van der Waals surface area contributed by atoms with E-state index in [2.05, 4.69) is 4.72 Å². The third-order valence-electron chi connectivity index (χ3n) is 4.61. The SMILES string of the molecule is COc1ccc(NS(=O)(=O)c2cc(C(=O)OCc3ccc4c(c3)OCO4)ccc2Cl)cc1. The Hall–Kier alpha value is -3.43. The average molecular weight is 476 g/mol. The second-order valence-electron chi connectivity index (χ2n) is 6.74. The van der Waals surface area contributed by atoms with Crippen LogP contribution < -0.4 is 18.9 Å². The predicted octanol–water partition coefficient (Wildman–Crippen LogP) is 4.24. The van der Waals surface area contributed by atoms with Crippen molar-refractivity contribution in [1.82, 2.24) is 0 Å². The molecule has 0 spiro atoms. The van der Waals surface area contributed by atoms with E-state index >= 15 is 0 Å². The highest BCUT2D eigenvalue weighted by Crippen LogP contribution is 2.33. The van der Waals surface area contributed by atoms with Gasteiger partial charge in [0.05, 0.1) is 17.7 Å². The molecule has 1 aliphatic heterocycles. The van der Waals surface area contributed by atoms with Gasteiger partial charge in [0.1, 0.15) is 17.3 Å². The summed E-state index contributed by atoms with van der Waals surface area (Å²) in [4.78, 5) is 12.3. The van der Waals surface area contributed by atoms with Crippen LogP contribution in [0.5, 0.6) is 17.2 Å². The summed E-state index contributed by atoms with van der Waals surface area (Å²) in [6.07, 6.45) is 0. The Labute approximate surface area is 189 Å². The van der Waals surface area contributed by atoms with Crippen LogP contribution in [-0.4, -0.2) is 28.3 Å². The van der Waals surface area contributed by atoms with Crippen molar-refractivity contribution in [2.45, 2.75) is 11.5 Å². The lowest BCUT2D eigenvalue weighted by Crippen LogP contribution is -2.15. The first-order chi connectivity index (χ1) is 15.4. The maximum absolute atomic E-state index is 12.8. The molecule has 0 saturated carbocycles. The Morgan fingerprint density at radius 3 is 2.53 bits per heavy atom. The molecule has 32 heavy (non-hydrogen) atoms. The van der Waals surface area contributed by atoms with E-state index in [0.717, 1.165) is 0 Å². The van der Waals surface area contributed by atoms with Crippen LogP contribution in [0, 0.1) is 0 Å². The number of fused-ring (bicyclic) bond motifs is 1. The quantitative estimate of drug-likeness (QED) is 0.510. The molecule has 10 heteroatoms. The molecule has 0 radical (unpaired) electrons. The lowest BCUT2D eigenvalue weighted by Gasteiger charge is -2.12. The van der Waals surface area contributed by atoms with Gasteiger partial charge >= 0.3 is 5.97 Å². The highest BCUT2D eigenvalue weighted by Gasteiger charge is 2.21. The molecule has 3 aromatic carbocycles. The van der Waals surface area contributed by atoms with Crippen molar-refractivity contribution in [2.24, 2.45) is 0 Å². The summed E-state index contributed by atoms with van der Waals surface area (Å²) in [6, 6.07) is 15.4. The lowest BCUT2D eigenvalue weighted by atomic mass is 10.2. The minimum Gasteiger partial charge on any atom is -0.497 e. The molecule has 0 atom stereocenters. The Kier molecular flexibility index (Phi) is 6.11. The number of rotatable bonds is 7. The molecule has 0 unspecified atom stereocenters. The summed E-state index contributed by atoms with van der Waals surface area (Å²) < 4.78 is 49.0. The van der Waals surface area contributed by atoms with Crippen molar-refractivity contribution in [2.75, 3.05) is 18.6 Å². The van der Waals surface area contributed by atoms with E-state index in [1.54, 1.807) is 42.5 Å². The van der Waals surface area contributed by atoms with Crippen LogP contribution in [0.15, 0.2) is 65.6 Å². The van der Waals surface area contributed by atoms with Crippen LogP contribution in [0.4, 0.5) is 5.69 Å². The predicted molar refractivity (Wildman–Crippen MR) is 117 cm³/mol. The molecule has 1 aliphatic rings. The van der Waals surface area contributed by atoms with Gasteiger partial charge in [-0.15, -0.1) is 0 Å². The van der Waals surface area contributed by atoms with Gasteiger partial charge in [0.25, 0.3) is 10.0 Å². The summed E-state index contributed by atoms with van der Waals surface area (Å²) in [5, 5.41) is -0.0293. The third kappa shape index (κ3) is 4.74. The van der Waals surface area contributed by atoms with Gasteiger partial charge in [-0.05, 0) is 60.2 Å². The Morgan fingerprint density at radius 2 is 1.78 bits per heavy atom. The van der Waals surface area contributed by atoms with Crippen molar-refractivity contribution in [3.8, 4) is 17.2 Å². The van der Waals surface area contributed by atoms with E-state index in [0.29, 0.717) is 28.5 Å². The Balaban J connectivity index is 1.49. The molecule has 8 nitrogen and oxygen atoms in total. The number of hydrogen-bond donors (Lipinski definition) is 1. The van der Waals surface area contributed by atoms with E-state index < -0.39 is 16.0 Å². The van der Waals surface area contributed by atoms with Gasteiger partial charge in [0, 0.05) is 5.69 Å². The second-order valence-corrected chi connectivity index (χ2v) is 8.80. The van der Waals surface area contributed by atoms with Gasteiger partial charge in [-0.25, -0.2) is 13.2 Å². The van der Waals surface area contributed by atoms with Crippen LogP contribution in [0.2, 0.25) is 5.02 Å². The van der Waals surface area contributed by atoms with Crippen molar-refractivity contribution in [1.29, 1.82) is 0 Å². The molecule has 166 valence electrons. The van der Waals surface area contributed by atoms with Crippen LogP contribution in [0.25, 0.3) is 0 Å². The molecular weight excluding hydrogens is 458 g/mol. The van der Waals surface area contributed by atoms with Crippen molar-refractivity contribution in [3.05, 3.63) is 76.8 Å². The minimum atomic E-state index is -4.05. The number of hydrogen-bond acceptors (Lipinski definition) is 7. The second kappa shape index (κ2) is 8.97. The first-order valence-electron chi connectivity index (χ1n) is 9.38. The van der Waals surface area contributed by atoms with Gasteiger partial charge in [-0.2, -0.15) is 0 Å². The van der Waals surface area contributed by atoms with E-state index in [4.69, 9.17) is 30.5 Å². The molecule has 3 aromatic rings. The lowest BCUT2D eigenvalue weighted by molar-refractivity contribution is 0.0472. The normalized spacial score (nSPS) is 12.3. The Morgan fingerprint density at radius 1 is 1.03 bits per heavy atom. The Bertz CT molecular complexity index is 1260. The standard InChI is InChI=1S/C22H18ClNO7S/c1-28-17-6-4-16(5-7-17)24-32(26,27)21-11-15(3-8-18(21)23)22(25)29-12-14-2-9-19-20(10-14)31-13-30-19/h2-11,24H,12-13H2,1H3. The van der Waals surface area contributed by atoms with Crippen LogP contribution in [0.3, 0.4) is 0 Å². The summed E-state index contributed by atoms with van der Waals surface area (Å²) >= 11 is 6.11. The molecule has 0 aliphatic carbocycles. The number of carbonyl (C=O) groups excluding carboxylic acids is 1. The molecule has 0 bridgehead atoms. The first-order valence-corrected chi connectivity index (χ1v) is 11.2. The van der Waals surface area contributed by atoms with Crippen molar-refractivity contribution < 1.29 is 32.2 Å². The zero-order valence-electron chi connectivity index (χ0n) is 16.8. The molecular formula is C22H18ClNO7S. The average Bonchev–Trinajstić information content (AvgIpc) is 3.26. The molecule has 1 heterocycles. The molecule has 4 rings (SSSR count). The van der Waals surface area contributed by atoms with E-state index in [9.17, 15) is 13.2 Å². The third-order valence-corrected chi connectivity index (χ3v) is 6.47. The highest BCUT2D eigenvalue weighted by molar-refractivity contribution is 7.92. The van der Waals surface area contributed by atoms with Crippen LogP contribution in [-0.2, 0) is 21.4 Å². The first kappa shape index (κ1) is 21.8. The number of sulfonamides is 1. The van der Waals surface area contributed by atoms with Crippen molar-refractivity contribution >= 4 is 33.3 Å². The van der Waals surface area contributed by atoms with Gasteiger partial charge in [-0.1, -0.05) is 17.7 Å². The molecule has 0 fully saturated rings. The number of methoxy groups -OCH3 is 1. The number of benzene rings is 3. The maximum Gasteiger partial charge on any atom is 0.338 e. The smallest absolute Gasteiger partial charge is 0.338 e. The fourth-order valence-corrected chi connectivity index (χ4v) is 4.55. The van der Waals surface area contributed by atoms with Crippen LogP contribution in [0.1, 0.15) is 15.9 Å². The largest absolute Gasteiger partial charge is 0.497 e. The van der Waals surface area contributed by atoms with Gasteiger partial charge < -0.3 is 18.9 Å². The molecule has 0 amide bonds. The highest BCUT2D eigenvalue weighted by atomic mass is 35.5. The van der Waals surface area contributed by atoms with Gasteiger partial charge in [-0.3, -0.25) is 4.72 Å². The van der Waals surface area contributed by atoms with E-state index in [-0.39, 0.29) is 28.9 Å². The molecule has 0 saturated heterocycles. The maximum atomic E-state index is 12.8. The minimum absolute atomic E-state index is 0.0235. The monoisotopic (exact) mass is 475 g/mol. The summed E-state index contributed by atoms with van der Waals surface area (Å²) in [6.45, 7) is 0.120. The number of halogens is 1. The fraction of sp³-hybridized carbons (Fsp3) is 0.136. The van der Waals surface area contributed by atoms with Crippen LogP contribution >= 0.6 is 11.6 Å². The summed E-state index contributed by atoms with van der Waals surface area (Å²) in [5.41, 5.74) is 1.06. The fourth-order valence-electron chi connectivity index (χ4n) is 2.97. The number of carbonyl (C=O) groups is 1. The van der Waals surface area contributed by atoms with E-state index in [1.165, 1.54) is 25.3 Å². The number of ether oxygens (including phenoxy) is 4. The van der Waals surface area contributed by atoms with Gasteiger partial charge in [0.15, 0.2) is 11.5 Å². The van der Waals surface area contributed by atoms with Crippen molar-refractivity contribution in [3.63, 3.8) is 0 Å². The number of nitrogens with one attached hydrogen (secondary N) is 1.